The van der Waals surface area contributed by atoms with E-state index in [9.17, 15) is 14.4 Å². The zero-order chi connectivity index (χ0) is 26.9. The third-order valence-corrected chi connectivity index (χ3v) is 5.41. The molecule has 196 valence electrons. The lowest BCUT2D eigenvalue weighted by Gasteiger charge is -2.27. The lowest BCUT2D eigenvalue weighted by Crippen LogP contribution is -2.54. The number of rotatable bonds is 9. The molecule has 0 aliphatic carbocycles. The number of methoxy groups -OCH3 is 1. The third-order valence-electron chi connectivity index (χ3n) is 5.17. The number of amides is 4. The molecule has 36 heavy (non-hydrogen) atoms. The van der Waals surface area contributed by atoms with E-state index in [1.54, 1.807) is 26.8 Å². The molecule has 0 aliphatic rings. The summed E-state index contributed by atoms with van der Waals surface area (Å²) in [4.78, 5) is 37.8. The summed E-state index contributed by atoms with van der Waals surface area (Å²) in [5.74, 6) is -0.985. The van der Waals surface area contributed by atoms with E-state index in [4.69, 9.17) is 21.1 Å². The topological polar surface area (TPSA) is 106 Å². The summed E-state index contributed by atoms with van der Waals surface area (Å²) < 4.78 is 26.5. The molecule has 2 aromatic rings. The van der Waals surface area contributed by atoms with Crippen molar-refractivity contribution in [3.8, 4) is 5.75 Å². The van der Waals surface area contributed by atoms with Crippen LogP contribution in [-0.4, -0.2) is 43.0 Å². The molecule has 2 aromatic carbocycles. The second-order valence-electron chi connectivity index (χ2n) is 9.35. The quantitative estimate of drug-likeness (QED) is 0.425. The minimum Gasteiger partial charge on any atom is -0.496 e. The van der Waals surface area contributed by atoms with Crippen LogP contribution in [0.2, 0.25) is 5.02 Å². The van der Waals surface area contributed by atoms with Crippen molar-refractivity contribution in [3.05, 3.63) is 64.7 Å². The maximum Gasteiger partial charge on any atom is 0.407 e. The van der Waals surface area contributed by atoms with Gasteiger partial charge in [0.15, 0.2) is 0 Å². The Morgan fingerprint density at radius 1 is 1.08 bits per heavy atom. The van der Waals surface area contributed by atoms with Crippen LogP contribution < -0.4 is 20.7 Å². The summed E-state index contributed by atoms with van der Waals surface area (Å²) in [6.45, 7) is 6.09. The molecule has 0 saturated heterocycles. The number of carbonyl (C=O) groups is 3. The Morgan fingerprint density at radius 3 is 2.33 bits per heavy atom. The van der Waals surface area contributed by atoms with Crippen LogP contribution in [0.5, 0.6) is 5.75 Å². The normalized spacial score (nSPS) is 13.6. The fourth-order valence-electron chi connectivity index (χ4n) is 3.42. The van der Waals surface area contributed by atoms with Gasteiger partial charge in [0.05, 0.1) is 13.2 Å². The number of carbonyl (C=O) groups excluding carboxylic acids is 3. The smallest absolute Gasteiger partial charge is 0.407 e. The first kappa shape index (κ1) is 28.9. The Balaban J connectivity index is 2.23. The number of ether oxygens (including phenoxy) is 2. The molecule has 0 bridgehead atoms. The average Bonchev–Trinajstić information content (AvgIpc) is 2.81. The first-order valence-electron chi connectivity index (χ1n) is 11.5. The van der Waals surface area contributed by atoms with E-state index in [0.717, 1.165) is 5.56 Å². The van der Waals surface area contributed by atoms with Crippen molar-refractivity contribution >= 4 is 29.6 Å². The van der Waals surface area contributed by atoms with Gasteiger partial charge in [0.1, 0.15) is 12.4 Å². The number of alkyl carbamates (subject to hydrolysis) is 1. The van der Waals surface area contributed by atoms with Gasteiger partial charge in [-0.05, 0) is 56.5 Å². The Labute approximate surface area is 215 Å². The number of urea groups is 1. The number of nitrogens with one attached hydrogen (secondary N) is 3. The van der Waals surface area contributed by atoms with Gasteiger partial charge in [0.25, 0.3) is 5.91 Å². The van der Waals surface area contributed by atoms with Crippen LogP contribution in [0.1, 0.15) is 51.3 Å². The predicted molar refractivity (Wildman–Crippen MR) is 136 cm³/mol. The summed E-state index contributed by atoms with van der Waals surface area (Å²) in [5.41, 5.74) is -2.35. The van der Waals surface area contributed by atoms with Gasteiger partial charge in [0.2, 0.25) is 5.67 Å². The molecule has 2 atom stereocenters. The number of hydrogen-bond acceptors (Lipinski definition) is 5. The summed E-state index contributed by atoms with van der Waals surface area (Å²) in [6.07, 6.45) is -0.925. The van der Waals surface area contributed by atoms with Crippen LogP contribution in [0, 0.1) is 0 Å². The molecule has 2 rings (SSSR count). The second-order valence-corrected chi connectivity index (χ2v) is 9.78. The zero-order valence-electron chi connectivity index (χ0n) is 21.1. The van der Waals surface area contributed by atoms with Crippen molar-refractivity contribution in [2.45, 2.75) is 57.8 Å². The van der Waals surface area contributed by atoms with Crippen molar-refractivity contribution in [3.63, 3.8) is 0 Å². The Bertz CT molecular complexity index is 1060. The van der Waals surface area contributed by atoms with Gasteiger partial charge in [-0.1, -0.05) is 48.9 Å². The monoisotopic (exact) mass is 521 g/mol. The van der Waals surface area contributed by atoms with Crippen molar-refractivity contribution in [2.24, 2.45) is 0 Å². The first-order chi connectivity index (χ1) is 16.9. The molecule has 4 amide bonds. The third kappa shape index (κ3) is 8.71. The summed E-state index contributed by atoms with van der Waals surface area (Å²) >= 11 is 6.06. The van der Waals surface area contributed by atoms with E-state index >= 15 is 4.39 Å². The highest BCUT2D eigenvalue weighted by molar-refractivity contribution is 6.30. The van der Waals surface area contributed by atoms with E-state index in [-0.39, 0.29) is 11.3 Å². The minimum absolute atomic E-state index is 0.263. The van der Waals surface area contributed by atoms with Crippen LogP contribution in [0.25, 0.3) is 0 Å². The fourth-order valence-corrected chi connectivity index (χ4v) is 3.62. The van der Waals surface area contributed by atoms with Crippen LogP contribution in [-0.2, 0) is 16.0 Å². The van der Waals surface area contributed by atoms with Crippen LogP contribution in [0.15, 0.2) is 48.5 Å². The molecular weight excluding hydrogens is 489 g/mol. The highest BCUT2D eigenvalue weighted by atomic mass is 35.5. The Morgan fingerprint density at radius 2 is 1.75 bits per heavy atom. The molecule has 0 heterocycles. The fraction of sp³-hybridized carbons (Fsp3) is 0.423. The Hall–Kier alpha value is -3.33. The number of benzene rings is 2. The number of halogens is 2. The van der Waals surface area contributed by atoms with Gasteiger partial charge in [-0.3, -0.25) is 10.1 Å². The molecule has 0 spiro atoms. The maximum absolute atomic E-state index is 16.2. The van der Waals surface area contributed by atoms with E-state index < -0.39 is 48.3 Å². The van der Waals surface area contributed by atoms with Crippen molar-refractivity contribution in [1.82, 2.24) is 16.0 Å². The molecule has 0 saturated carbocycles. The van der Waals surface area contributed by atoms with E-state index in [1.165, 1.54) is 19.2 Å². The lowest BCUT2D eigenvalue weighted by molar-refractivity contribution is -0.134. The van der Waals surface area contributed by atoms with Crippen LogP contribution >= 0.6 is 11.6 Å². The van der Waals surface area contributed by atoms with Gasteiger partial charge in [-0.15, -0.1) is 0 Å². The molecule has 1 unspecified atom stereocenters. The average molecular weight is 522 g/mol. The summed E-state index contributed by atoms with van der Waals surface area (Å²) in [7, 11) is 1.39. The van der Waals surface area contributed by atoms with E-state index in [1.807, 2.05) is 42.6 Å². The van der Waals surface area contributed by atoms with Gasteiger partial charge in [0, 0.05) is 17.0 Å². The van der Waals surface area contributed by atoms with Gasteiger partial charge in [-0.25, -0.2) is 14.0 Å². The van der Waals surface area contributed by atoms with Crippen molar-refractivity contribution in [1.29, 1.82) is 0 Å². The molecule has 0 fully saturated rings. The molecule has 3 N–H and O–H groups in total. The molecule has 8 nitrogen and oxygen atoms in total. The molecule has 10 heteroatoms. The Kier molecular flexibility index (Phi) is 10.1. The van der Waals surface area contributed by atoms with Gasteiger partial charge < -0.3 is 20.1 Å². The number of imide groups is 1. The molecule has 0 aromatic heterocycles. The number of hydrogen-bond donors (Lipinski definition) is 3. The van der Waals surface area contributed by atoms with E-state index in [2.05, 4.69) is 10.6 Å². The maximum atomic E-state index is 16.2. The molecule has 0 radical (unpaired) electrons. The second kappa shape index (κ2) is 12.6. The summed E-state index contributed by atoms with van der Waals surface area (Å²) in [6, 6.07) is 12.4. The van der Waals surface area contributed by atoms with Gasteiger partial charge >= 0.3 is 12.1 Å². The highest BCUT2D eigenvalue weighted by Gasteiger charge is 2.42. The highest BCUT2D eigenvalue weighted by Crippen LogP contribution is 2.29. The minimum atomic E-state index is -2.81. The zero-order valence-corrected chi connectivity index (χ0v) is 21.9. The standard InChI is InChI=1S/C26H33ClFN3O5/c1-6-20(17-10-8-7-9-11-17)29-23(33)30-22(32)26(28,16-36-24(34)31-25(2,3)4)15-18-14-19(27)12-13-21(18)35-5/h7-14,20H,6,15-16H2,1-5H3,(H,31,34)(H2,29,30,32,33)/t20-,26?/m1/s1. The van der Waals surface area contributed by atoms with Crippen molar-refractivity contribution < 1.29 is 28.2 Å². The number of alkyl halides is 1. The molecular formula is C26H33ClFN3O5. The lowest BCUT2D eigenvalue weighted by atomic mass is 9.95. The van der Waals surface area contributed by atoms with Gasteiger partial charge in [-0.2, -0.15) is 0 Å². The largest absolute Gasteiger partial charge is 0.496 e. The van der Waals surface area contributed by atoms with E-state index in [0.29, 0.717) is 11.4 Å². The summed E-state index contributed by atoms with van der Waals surface area (Å²) in [5, 5.41) is 7.56. The van der Waals surface area contributed by atoms with Crippen LogP contribution in [0.3, 0.4) is 0 Å². The van der Waals surface area contributed by atoms with Crippen molar-refractivity contribution in [2.75, 3.05) is 13.7 Å². The predicted octanol–water partition coefficient (Wildman–Crippen LogP) is 5.10. The first-order valence-corrected chi connectivity index (χ1v) is 11.9. The SMILES string of the molecule is CC[C@@H](NC(=O)NC(=O)C(F)(COC(=O)NC(C)(C)C)Cc1cc(Cl)ccc1OC)c1ccccc1. The molecule has 0 aliphatic heterocycles. The van der Waals surface area contributed by atoms with Crippen LogP contribution in [0.4, 0.5) is 14.0 Å².